The Bertz CT molecular complexity index is 778. The SMILES string of the molecule is COc1ccc(S(=O)(=O)Nc2ccc(Cl)cc2F)c(C)c1. The largest absolute Gasteiger partial charge is 0.497 e. The van der Waals surface area contributed by atoms with Crippen LogP contribution in [0.3, 0.4) is 0 Å². The number of rotatable bonds is 4. The predicted octanol–water partition coefficient (Wildman–Crippen LogP) is 3.60. The average molecular weight is 330 g/mol. The highest BCUT2D eigenvalue weighted by molar-refractivity contribution is 7.92. The standard InChI is InChI=1S/C14H13ClFNO3S/c1-9-7-11(20-2)4-6-14(9)21(18,19)17-13-5-3-10(15)8-12(13)16/h3-8,17H,1-2H3. The van der Waals surface area contributed by atoms with E-state index in [1.807, 2.05) is 0 Å². The minimum Gasteiger partial charge on any atom is -0.497 e. The van der Waals surface area contributed by atoms with Gasteiger partial charge in [0.05, 0.1) is 17.7 Å². The van der Waals surface area contributed by atoms with E-state index in [0.717, 1.165) is 6.07 Å². The van der Waals surface area contributed by atoms with E-state index in [0.29, 0.717) is 11.3 Å². The molecule has 0 aliphatic rings. The topological polar surface area (TPSA) is 55.4 Å². The average Bonchev–Trinajstić information content (AvgIpc) is 2.41. The van der Waals surface area contributed by atoms with E-state index >= 15 is 0 Å². The van der Waals surface area contributed by atoms with Crippen molar-refractivity contribution in [3.8, 4) is 5.75 Å². The second kappa shape index (κ2) is 5.91. The first-order chi connectivity index (χ1) is 9.83. The van der Waals surface area contributed by atoms with E-state index in [-0.39, 0.29) is 15.6 Å². The molecule has 0 unspecified atom stereocenters. The van der Waals surface area contributed by atoms with Crippen molar-refractivity contribution in [1.29, 1.82) is 0 Å². The Hall–Kier alpha value is -1.79. The molecule has 21 heavy (non-hydrogen) atoms. The Morgan fingerprint density at radius 1 is 1.19 bits per heavy atom. The minimum atomic E-state index is -3.89. The third kappa shape index (κ3) is 3.46. The Labute approximate surface area is 127 Å². The molecule has 0 saturated heterocycles. The van der Waals surface area contributed by atoms with Gasteiger partial charge in [0.1, 0.15) is 11.6 Å². The van der Waals surface area contributed by atoms with Crippen LogP contribution in [0.5, 0.6) is 5.75 Å². The summed E-state index contributed by atoms with van der Waals surface area (Å²) in [5.41, 5.74) is 0.339. The summed E-state index contributed by atoms with van der Waals surface area (Å²) in [7, 11) is -2.40. The van der Waals surface area contributed by atoms with Gasteiger partial charge in [0.15, 0.2) is 0 Å². The first-order valence-electron chi connectivity index (χ1n) is 5.96. The van der Waals surface area contributed by atoms with Crippen molar-refractivity contribution in [2.45, 2.75) is 11.8 Å². The molecule has 7 heteroatoms. The highest BCUT2D eigenvalue weighted by Gasteiger charge is 2.19. The van der Waals surface area contributed by atoms with Crippen LogP contribution in [0, 0.1) is 12.7 Å². The summed E-state index contributed by atoms with van der Waals surface area (Å²) in [5, 5.41) is 0.191. The lowest BCUT2D eigenvalue weighted by Gasteiger charge is -2.12. The Kier molecular flexibility index (Phi) is 4.39. The summed E-state index contributed by atoms with van der Waals surface area (Å²) in [5.74, 6) is -0.193. The van der Waals surface area contributed by atoms with Gasteiger partial charge in [-0.3, -0.25) is 4.72 Å². The summed E-state index contributed by atoms with van der Waals surface area (Å²) in [4.78, 5) is 0.0534. The first kappa shape index (κ1) is 15.6. The van der Waals surface area contributed by atoms with Gasteiger partial charge in [0.25, 0.3) is 10.0 Å². The number of aryl methyl sites for hydroxylation is 1. The van der Waals surface area contributed by atoms with Crippen molar-refractivity contribution < 1.29 is 17.5 Å². The quantitative estimate of drug-likeness (QED) is 0.932. The van der Waals surface area contributed by atoms with E-state index in [9.17, 15) is 12.8 Å². The van der Waals surface area contributed by atoms with Crippen LogP contribution in [0.15, 0.2) is 41.3 Å². The van der Waals surface area contributed by atoms with Crippen LogP contribution in [-0.2, 0) is 10.0 Å². The van der Waals surface area contributed by atoms with E-state index < -0.39 is 15.8 Å². The van der Waals surface area contributed by atoms with E-state index in [1.54, 1.807) is 13.0 Å². The zero-order valence-corrected chi connectivity index (χ0v) is 12.9. The highest BCUT2D eigenvalue weighted by atomic mass is 35.5. The van der Waals surface area contributed by atoms with Crippen molar-refractivity contribution in [2.75, 3.05) is 11.8 Å². The van der Waals surface area contributed by atoms with Crippen LogP contribution >= 0.6 is 11.6 Å². The molecule has 2 aromatic rings. The third-order valence-electron chi connectivity index (χ3n) is 2.85. The van der Waals surface area contributed by atoms with Crippen LogP contribution in [0.25, 0.3) is 0 Å². The number of halogens is 2. The fourth-order valence-electron chi connectivity index (χ4n) is 1.82. The zero-order chi connectivity index (χ0) is 15.6. The van der Waals surface area contributed by atoms with Gasteiger partial charge < -0.3 is 4.74 Å². The molecule has 0 radical (unpaired) electrons. The molecule has 0 aromatic heterocycles. The van der Waals surface area contributed by atoms with E-state index in [1.165, 1.54) is 31.4 Å². The highest BCUT2D eigenvalue weighted by Crippen LogP contribution is 2.25. The van der Waals surface area contributed by atoms with Crippen molar-refractivity contribution in [1.82, 2.24) is 0 Å². The smallest absolute Gasteiger partial charge is 0.262 e. The minimum absolute atomic E-state index is 0.0534. The summed E-state index contributed by atoms with van der Waals surface area (Å²) in [6, 6.07) is 8.24. The number of nitrogens with one attached hydrogen (secondary N) is 1. The molecular formula is C14H13ClFNO3S. The van der Waals surface area contributed by atoms with Crippen LogP contribution in [0.2, 0.25) is 5.02 Å². The molecule has 0 bridgehead atoms. The molecule has 1 N–H and O–H groups in total. The molecule has 0 spiro atoms. The molecule has 0 atom stereocenters. The van der Waals surface area contributed by atoms with Gasteiger partial charge in [-0.2, -0.15) is 0 Å². The summed E-state index contributed by atoms with van der Waals surface area (Å²) >= 11 is 5.63. The molecule has 0 fully saturated rings. The fourth-order valence-corrected chi connectivity index (χ4v) is 3.28. The number of hydrogen-bond acceptors (Lipinski definition) is 3. The number of benzene rings is 2. The van der Waals surface area contributed by atoms with Crippen molar-refractivity contribution in [3.63, 3.8) is 0 Å². The molecule has 112 valence electrons. The van der Waals surface area contributed by atoms with Crippen molar-refractivity contribution >= 4 is 27.3 Å². The van der Waals surface area contributed by atoms with E-state index in [4.69, 9.17) is 16.3 Å². The van der Waals surface area contributed by atoms with E-state index in [2.05, 4.69) is 4.72 Å². The molecule has 4 nitrogen and oxygen atoms in total. The maximum atomic E-state index is 13.7. The molecule has 0 heterocycles. The number of anilines is 1. The Balaban J connectivity index is 2.38. The van der Waals surface area contributed by atoms with Crippen molar-refractivity contribution in [3.05, 3.63) is 52.8 Å². The van der Waals surface area contributed by atoms with Crippen LogP contribution < -0.4 is 9.46 Å². The van der Waals surface area contributed by atoms with Gasteiger partial charge in [-0.05, 0) is 48.9 Å². The van der Waals surface area contributed by atoms with Gasteiger partial charge in [-0.15, -0.1) is 0 Å². The van der Waals surface area contributed by atoms with Gasteiger partial charge in [-0.1, -0.05) is 11.6 Å². The van der Waals surface area contributed by atoms with Gasteiger partial charge in [0.2, 0.25) is 0 Å². The molecule has 2 rings (SSSR count). The molecule has 0 amide bonds. The summed E-state index contributed by atoms with van der Waals surface area (Å²) in [6.45, 7) is 1.63. The van der Waals surface area contributed by atoms with Gasteiger partial charge in [0, 0.05) is 5.02 Å². The van der Waals surface area contributed by atoms with Gasteiger partial charge in [-0.25, -0.2) is 12.8 Å². The molecule has 0 aliphatic heterocycles. The van der Waals surface area contributed by atoms with Crippen LogP contribution in [-0.4, -0.2) is 15.5 Å². The predicted molar refractivity (Wildman–Crippen MR) is 79.9 cm³/mol. The normalized spacial score (nSPS) is 11.2. The maximum Gasteiger partial charge on any atom is 0.262 e. The first-order valence-corrected chi connectivity index (χ1v) is 7.82. The summed E-state index contributed by atoms with van der Waals surface area (Å²) in [6.07, 6.45) is 0. The Morgan fingerprint density at radius 2 is 1.90 bits per heavy atom. The number of ether oxygens (including phenoxy) is 1. The lowest BCUT2D eigenvalue weighted by atomic mass is 10.2. The number of hydrogen-bond donors (Lipinski definition) is 1. The molecular weight excluding hydrogens is 317 g/mol. The zero-order valence-electron chi connectivity index (χ0n) is 11.4. The summed E-state index contributed by atoms with van der Waals surface area (Å²) < 4.78 is 45.5. The lowest BCUT2D eigenvalue weighted by Crippen LogP contribution is -2.15. The van der Waals surface area contributed by atoms with Crippen molar-refractivity contribution in [2.24, 2.45) is 0 Å². The third-order valence-corrected chi connectivity index (χ3v) is 4.61. The van der Waals surface area contributed by atoms with Gasteiger partial charge >= 0.3 is 0 Å². The van der Waals surface area contributed by atoms with Crippen LogP contribution in [0.1, 0.15) is 5.56 Å². The molecule has 0 saturated carbocycles. The maximum absolute atomic E-state index is 13.7. The molecule has 0 aliphatic carbocycles. The second-order valence-corrected chi connectivity index (χ2v) is 6.45. The molecule has 2 aromatic carbocycles. The van der Waals surface area contributed by atoms with Crippen LogP contribution in [0.4, 0.5) is 10.1 Å². The lowest BCUT2D eigenvalue weighted by molar-refractivity contribution is 0.414. The number of methoxy groups -OCH3 is 1. The number of sulfonamides is 1. The fraction of sp³-hybridized carbons (Fsp3) is 0.143. The Morgan fingerprint density at radius 3 is 2.48 bits per heavy atom. The second-order valence-electron chi connectivity index (χ2n) is 4.36. The monoisotopic (exact) mass is 329 g/mol.